The van der Waals surface area contributed by atoms with E-state index >= 15 is 0 Å². The number of phenolic OH excluding ortho intramolecular Hbond substituents is 1. The Kier molecular flexibility index (Phi) is 3.97. The monoisotopic (exact) mass is 332 g/mol. The number of nitrogens with zero attached hydrogens (tertiary/aromatic N) is 2. The molecule has 4 heteroatoms. The second kappa shape index (κ2) is 6.42. The van der Waals surface area contributed by atoms with Crippen LogP contribution in [0.4, 0.5) is 0 Å². The molecule has 0 aliphatic heterocycles. The zero-order valence-corrected chi connectivity index (χ0v) is 13.8. The van der Waals surface area contributed by atoms with Gasteiger partial charge in [-0.3, -0.25) is 9.97 Å². The van der Waals surface area contributed by atoms with Crippen LogP contribution in [0.2, 0.25) is 0 Å². The van der Waals surface area contributed by atoms with E-state index in [0.717, 1.165) is 23.1 Å². The first-order valence-electron chi connectivity index (χ1n) is 7.81. The lowest BCUT2D eigenvalue weighted by Gasteiger charge is -2.18. The summed E-state index contributed by atoms with van der Waals surface area (Å²) in [7, 11) is 0. The van der Waals surface area contributed by atoms with Crippen molar-refractivity contribution in [2.75, 3.05) is 0 Å². The van der Waals surface area contributed by atoms with Crippen LogP contribution in [0.1, 0.15) is 22.7 Å². The molecule has 1 unspecified atom stereocenters. The number of rotatable bonds is 4. The molecule has 24 heavy (non-hydrogen) atoms. The maximum Gasteiger partial charge on any atom is 0.145 e. The molecule has 0 fully saturated rings. The highest BCUT2D eigenvalue weighted by Crippen LogP contribution is 2.38. The normalized spacial score (nSPS) is 12.3. The molecule has 0 saturated carbocycles. The molecule has 0 aliphatic carbocycles. The highest BCUT2D eigenvalue weighted by molar-refractivity contribution is 7.08. The summed E-state index contributed by atoms with van der Waals surface area (Å²) in [6, 6.07) is 15.9. The van der Waals surface area contributed by atoms with Gasteiger partial charge in [0.1, 0.15) is 11.3 Å². The molecule has 1 N–H and O–H groups in total. The van der Waals surface area contributed by atoms with E-state index in [4.69, 9.17) is 0 Å². The number of aromatic nitrogens is 2. The average molecular weight is 332 g/mol. The molecule has 4 aromatic rings. The number of benzene rings is 1. The molecular formula is C20H16N2OS. The molecule has 0 aliphatic rings. The maximum absolute atomic E-state index is 10.8. The summed E-state index contributed by atoms with van der Waals surface area (Å²) in [6.45, 7) is 0. The van der Waals surface area contributed by atoms with Crippen molar-refractivity contribution in [1.29, 1.82) is 0 Å². The highest BCUT2D eigenvalue weighted by Gasteiger charge is 2.21. The van der Waals surface area contributed by atoms with Crippen LogP contribution >= 0.6 is 11.3 Å². The van der Waals surface area contributed by atoms with Crippen molar-refractivity contribution in [2.45, 2.75) is 12.3 Å². The number of aromatic hydroxyl groups is 1. The van der Waals surface area contributed by atoms with E-state index < -0.39 is 0 Å². The van der Waals surface area contributed by atoms with Crippen LogP contribution < -0.4 is 0 Å². The minimum absolute atomic E-state index is 0.0533. The standard InChI is InChI=1S/C20H16N2OS/c23-20-17(7-6-14-4-3-10-22-19(14)20)18(15-8-11-24-13-15)12-16-5-1-2-9-21-16/h1-11,13,18,23H,12H2. The van der Waals surface area contributed by atoms with Gasteiger partial charge in [-0.25, -0.2) is 0 Å². The van der Waals surface area contributed by atoms with Crippen LogP contribution in [0.3, 0.4) is 0 Å². The van der Waals surface area contributed by atoms with Crippen molar-refractivity contribution >= 4 is 22.2 Å². The number of hydrogen-bond donors (Lipinski definition) is 1. The largest absolute Gasteiger partial charge is 0.505 e. The van der Waals surface area contributed by atoms with Gasteiger partial charge in [-0.1, -0.05) is 24.3 Å². The molecule has 0 amide bonds. The predicted molar refractivity (Wildman–Crippen MR) is 97.5 cm³/mol. The van der Waals surface area contributed by atoms with Crippen LogP contribution in [-0.2, 0) is 6.42 Å². The minimum Gasteiger partial charge on any atom is -0.505 e. The fourth-order valence-corrected chi connectivity index (χ4v) is 3.75. The van der Waals surface area contributed by atoms with Gasteiger partial charge in [0.25, 0.3) is 0 Å². The van der Waals surface area contributed by atoms with Gasteiger partial charge in [-0.2, -0.15) is 11.3 Å². The Morgan fingerprint density at radius 3 is 2.67 bits per heavy atom. The van der Waals surface area contributed by atoms with Crippen molar-refractivity contribution in [1.82, 2.24) is 9.97 Å². The molecule has 0 radical (unpaired) electrons. The molecule has 4 rings (SSSR count). The molecular weight excluding hydrogens is 316 g/mol. The number of hydrogen-bond acceptors (Lipinski definition) is 4. The lowest BCUT2D eigenvalue weighted by molar-refractivity contribution is 0.469. The van der Waals surface area contributed by atoms with E-state index in [1.807, 2.05) is 48.7 Å². The lowest BCUT2D eigenvalue weighted by Crippen LogP contribution is -2.06. The van der Waals surface area contributed by atoms with Gasteiger partial charge in [-0.05, 0) is 40.6 Å². The van der Waals surface area contributed by atoms with Crippen LogP contribution in [0.5, 0.6) is 5.75 Å². The lowest BCUT2D eigenvalue weighted by atomic mass is 9.87. The molecule has 118 valence electrons. The zero-order chi connectivity index (χ0) is 16.4. The van der Waals surface area contributed by atoms with Crippen LogP contribution in [-0.4, -0.2) is 15.1 Å². The van der Waals surface area contributed by atoms with Gasteiger partial charge in [-0.15, -0.1) is 0 Å². The molecule has 3 aromatic heterocycles. The van der Waals surface area contributed by atoms with Crippen molar-refractivity contribution in [2.24, 2.45) is 0 Å². The Labute approximate surface area is 144 Å². The van der Waals surface area contributed by atoms with Crippen LogP contribution in [0.25, 0.3) is 10.9 Å². The van der Waals surface area contributed by atoms with E-state index in [0.29, 0.717) is 5.52 Å². The van der Waals surface area contributed by atoms with Crippen LogP contribution in [0, 0.1) is 0 Å². The Hall–Kier alpha value is -2.72. The first kappa shape index (κ1) is 14.8. The fourth-order valence-electron chi connectivity index (χ4n) is 3.04. The molecule has 1 atom stereocenters. The Bertz CT molecular complexity index is 952. The summed E-state index contributed by atoms with van der Waals surface area (Å²) in [5.41, 5.74) is 3.74. The van der Waals surface area contributed by atoms with Crippen molar-refractivity contribution in [3.63, 3.8) is 0 Å². The summed E-state index contributed by atoms with van der Waals surface area (Å²) in [5, 5.41) is 16.0. The smallest absolute Gasteiger partial charge is 0.145 e. The van der Waals surface area contributed by atoms with Crippen molar-refractivity contribution < 1.29 is 5.11 Å². The minimum atomic E-state index is 0.0533. The van der Waals surface area contributed by atoms with Gasteiger partial charge in [0, 0.05) is 41.4 Å². The number of pyridine rings is 2. The maximum atomic E-state index is 10.8. The van der Waals surface area contributed by atoms with E-state index in [1.54, 1.807) is 17.5 Å². The quantitative estimate of drug-likeness (QED) is 0.585. The summed E-state index contributed by atoms with van der Waals surface area (Å²) in [6.07, 6.45) is 4.26. The summed E-state index contributed by atoms with van der Waals surface area (Å²) >= 11 is 1.66. The molecule has 3 heterocycles. The zero-order valence-electron chi connectivity index (χ0n) is 13.0. The molecule has 1 aromatic carbocycles. The number of thiophene rings is 1. The summed E-state index contributed by atoms with van der Waals surface area (Å²) in [4.78, 5) is 8.80. The van der Waals surface area contributed by atoms with Gasteiger partial charge >= 0.3 is 0 Å². The third kappa shape index (κ3) is 2.76. The SMILES string of the molecule is Oc1c(C(Cc2ccccn2)c2ccsc2)ccc2cccnc12. The van der Waals surface area contributed by atoms with Crippen molar-refractivity contribution in [3.8, 4) is 5.75 Å². The Balaban J connectivity index is 1.83. The van der Waals surface area contributed by atoms with E-state index in [-0.39, 0.29) is 11.7 Å². The first-order valence-corrected chi connectivity index (χ1v) is 8.76. The molecule has 0 saturated heterocycles. The van der Waals surface area contributed by atoms with Gasteiger partial charge in [0.05, 0.1) is 0 Å². The highest BCUT2D eigenvalue weighted by atomic mass is 32.1. The fraction of sp³-hybridized carbons (Fsp3) is 0.100. The van der Waals surface area contributed by atoms with Crippen molar-refractivity contribution in [3.05, 3.63) is 88.5 Å². The third-order valence-corrected chi connectivity index (χ3v) is 4.94. The second-order valence-corrected chi connectivity index (χ2v) is 6.49. The van der Waals surface area contributed by atoms with E-state index in [1.165, 1.54) is 5.56 Å². The first-order chi connectivity index (χ1) is 11.8. The topological polar surface area (TPSA) is 46.0 Å². The van der Waals surface area contributed by atoms with E-state index in [2.05, 4.69) is 26.8 Å². The number of phenols is 1. The van der Waals surface area contributed by atoms with Gasteiger partial charge < -0.3 is 5.11 Å². The number of fused-ring (bicyclic) bond motifs is 1. The van der Waals surface area contributed by atoms with Crippen LogP contribution in [0.15, 0.2) is 71.7 Å². The molecule has 3 nitrogen and oxygen atoms in total. The third-order valence-electron chi connectivity index (χ3n) is 4.24. The average Bonchev–Trinajstić information content (AvgIpc) is 3.16. The Morgan fingerprint density at radius 2 is 1.88 bits per heavy atom. The van der Waals surface area contributed by atoms with Gasteiger partial charge in [0.2, 0.25) is 0 Å². The van der Waals surface area contributed by atoms with Gasteiger partial charge in [0.15, 0.2) is 0 Å². The summed E-state index contributed by atoms with van der Waals surface area (Å²) in [5.74, 6) is 0.317. The van der Waals surface area contributed by atoms with E-state index in [9.17, 15) is 5.11 Å². The molecule has 0 bridgehead atoms. The Morgan fingerprint density at radius 1 is 0.958 bits per heavy atom. The molecule has 0 spiro atoms. The predicted octanol–water partition coefficient (Wildman–Crippen LogP) is 4.77. The second-order valence-electron chi connectivity index (χ2n) is 5.71. The summed E-state index contributed by atoms with van der Waals surface area (Å²) < 4.78 is 0.